The van der Waals surface area contributed by atoms with E-state index in [1.54, 1.807) is 6.92 Å². The van der Waals surface area contributed by atoms with Crippen molar-refractivity contribution in [2.75, 3.05) is 13.6 Å². The van der Waals surface area contributed by atoms with Crippen LogP contribution in [0.3, 0.4) is 0 Å². The second kappa shape index (κ2) is 6.32. The number of sulfonamides is 1. The van der Waals surface area contributed by atoms with Gasteiger partial charge in [0.2, 0.25) is 5.09 Å². The molecule has 1 aromatic heterocycles. The first-order valence-corrected chi connectivity index (χ1v) is 8.75. The first-order chi connectivity index (χ1) is 10.7. The van der Waals surface area contributed by atoms with Gasteiger partial charge < -0.3 is 14.4 Å². The van der Waals surface area contributed by atoms with Crippen LogP contribution in [0.1, 0.15) is 35.9 Å². The summed E-state index contributed by atoms with van der Waals surface area (Å²) in [6, 6.07) is 0.716. The van der Waals surface area contributed by atoms with Crippen molar-refractivity contribution in [3.63, 3.8) is 0 Å². The Morgan fingerprint density at radius 1 is 1.43 bits per heavy atom. The highest BCUT2D eigenvalue weighted by Crippen LogP contribution is 2.27. The molecule has 2 heterocycles. The first-order valence-electron chi connectivity index (χ1n) is 7.26. The minimum Gasteiger partial charge on any atom is -0.481 e. The summed E-state index contributed by atoms with van der Waals surface area (Å²) in [5.74, 6) is -1.78. The Labute approximate surface area is 134 Å². The lowest BCUT2D eigenvalue weighted by Gasteiger charge is -2.37. The molecule has 0 radical (unpaired) electrons. The summed E-state index contributed by atoms with van der Waals surface area (Å²) in [6.45, 7) is 3.63. The van der Waals surface area contributed by atoms with Crippen molar-refractivity contribution in [3.05, 3.63) is 17.4 Å². The number of rotatable bonds is 4. The maximum absolute atomic E-state index is 12.7. The Bertz CT molecular complexity index is 724. The molecule has 0 spiro atoms. The number of aliphatic carboxylic acids is 1. The molecule has 1 aromatic rings. The summed E-state index contributed by atoms with van der Waals surface area (Å²) in [5, 5.41) is 8.90. The molecular weight excluding hydrogens is 324 g/mol. The summed E-state index contributed by atoms with van der Waals surface area (Å²) in [7, 11) is -2.53. The molecule has 0 unspecified atom stereocenters. The largest absolute Gasteiger partial charge is 0.481 e. The molecular formula is C14H20N2O6S. The van der Waals surface area contributed by atoms with Gasteiger partial charge in [-0.15, -0.1) is 0 Å². The third-order valence-corrected chi connectivity index (χ3v) is 5.49. The number of furan rings is 1. The number of hydrogen-bond acceptors (Lipinski definition) is 5. The minimum atomic E-state index is -3.78. The van der Waals surface area contributed by atoms with Crippen LogP contribution in [0.4, 0.5) is 0 Å². The van der Waals surface area contributed by atoms with Crippen LogP contribution in [-0.2, 0) is 14.8 Å². The van der Waals surface area contributed by atoms with Crippen LogP contribution in [0.5, 0.6) is 0 Å². The van der Waals surface area contributed by atoms with E-state index < -0.39 is 33.9 Å². The smallest absolute Gasteiger partial charge is 0.308 e. The fourth-order valence-electron chi connectivity index (χ4n) is 2.81. The number of carboxylic acids is 1. The van der Waals surface area contributed by atoms with E-state index in [4.69, 9.17) is 4.42 Å². The Morgan fingerprint density at radius 2 is 2.09 bits per heavy atom. The van der Waals surface area contributed by atoms with Gasteiger partial charge in [-0.25, -0.2) is 13.1 Å². The molecule has 1 fully saturated rings. The van der Waals surface area contributed by atoms with Gasteiger partial charge >= 0.3 is 5.97 Å². The molecule has 1 saturated heterocycles. The number of nitrogens with one attached hydrogen (secondary N) is 1. The van der Waals surface area contributed by atoms with Crippen molar-refractivity contribution >= 4 is 21.9 Å². The molecule has 2 N–H and O–H groups in total. The topological polar surface area (TPSA) is 117 Å². The van der Waals surface area contributed by atoms with E-state index in [0.29, 0.717) is 19.4 Å². The third-order valence-electron chi connectivity index (χ3n) is 4.23. The number of hydrogen-bond donors (Lipinski definition) is 2. The number of likely N-dealkylation sites (tertiary alicyclic amines) is 1. The van der Waals surface area contributed by atoms with Crippen molar-refractivity contribution < 1.29 is 27.5 Å². The molecule has 128 valence electrons. The Morgan fingerprint density at radius 3 is 2.65 bits per heavy atom. The van der Waals surface area contributed by atoms with E-state index in [0.717, 1.165) is 0 Å². The summed E-state index contributed by atoms with van der Waals surface area (Å²) < 4.78 is 30.8. The summed E-state index contributed by atoms with van der Waals surface area (Å²) >= 11 is 0. The lowest BCUT2D eigenvalue weighted by Crippen LogP contribution is -2.49. The number of carbonyl (C=O) groups is 2. The van der Waals surface area contributed by atoms with E-state index in [9.17, 15) is 23.1 Å². The molecule has 0 aromatic carbocycles. The van der Waals surface area contributed by atoms with Crippen LogP contribution in [0.25, 0.3) is 0 Å². The number of aryl methyl sites for hydroxylation is 1. The number of carbonyl (C=O) groups excluding carboxylic acids is 1. The highest BCUT2D eigenvalue weighted by molar-refractivity contribution is 7.89. The minimum absolute atomic E-state index is 0.136. The number of nitrogens with zero attached hydrogens (tertiary/aromatic N) is 1. The second-order valence-corrected chi connectivity index (χ2v) is 7.39. The Hall–Kier alpha value is -1.87. The standard InChI is InChI=1S/C14H20N2O6S/c1-8-10(14(18)19)5-4-6-16(8)13(17)11-7-12(22-9(11)2)23(20,21)15-3/h7-8,10,15H,4-6H2,1-3H3,(H,18,19)/t8-,10-/m0/s1. The van der Waals surface area contributed by atoms with Crippen LogP contribution < -0.4 is 4.72 Å². The fraction of sp³-hybridized carbons (Fsp3) is 0.571. The zero-order valence-electron chi connectivity index (χ0n) is 13.2. The highest BCUT2D eigenvalue weighted by Gasteiger charge is 2.37. The van der Waals surface area contributed by atoms with E-state index in [1.165, 1.54) is 24.9 Å². The maximum atomic E-state index is 12.7. The van der Waals surface area contributed by atoms with Crippen molar-refractivity contribution in [2.24, 2.45) is 5.92 Å². The van der Waals surface area contributed by atoms with Crippen molar-refractivity contribution in [1.29, 1.82) is 0 Å². The van der Waals surface area contributed by atoms with Gasteiger partial charge in [0.1, 0.15) is 5.76 Å². The third kappa shape index (κ3) is 3.25. The van der Waals surface area contributed by atoms with Crippen molar-refractivity contribution in [3.8, 4) is 0 Å². The van der Waals surface area contributed by atoms with Crippen LogP contribution in [0.15, 0.2) is 15.6 Å². The average molecular weight is 344 g/mol. The molecule has 0 saturated carbocycles. The summed E-state index contributed by atoms with van der Waals surface area (Å²) in [5.41, 5.74) is 0.136. The number of carboxylic acid groups (broad SMARTS) is 1. The predicted molar refractivity (Wildman–Crippen MR) is 80.5 cm³/mol. The molecule has 0 aliphatic carbocycles. The van der Waals surface area contributed by atoms with E-state index in [-0.39, 0.29) is 16.4 Å². The van der Waals surface area contributed by atoms with Gasteiger partial charge in [0.15, 0.2) is 0 Å². The quantitative estimate of drug-likeness (QED) is 0.835. The maximum Gasteiger partial charge on any atom is 0.308 e. The van der Waals surface area contributed by atoms with E-state index in [2.05, 4.69) is 4.72 Å². The molecule has 8 nitrogen and oxygen atoms in total. The molecule has 1 aliphatic rings. The number of piperidine rings is 1. The van der Waals surface area contributed by atoms with Crippen LogP contribution in [0, 0.1) is 12.8 Å². The van der Waals surface area contributed by atoms with Crippen LogP contribution in [0.2, 0.25) is 0 Å². The van der Waals surface area contributed by atoms with Gasteiger partial charge in [-0.2, -0.15) is 0 Å². The van der Waals surface area contributed by atoms with Crippen LogP contribution in [-0.4, -0.2) is 49.9 Å². The molecule has 1 aliphatic heterocycles. The van der Waals surface area contributed by atoms with E-state index >= 15 is 0 Å². The predicted octanol–water partition coefficient (Wildman–Crippen LogP) is 0.821. The SMILES string of the molecule is CNS(=O)(=O)c1cc(C(=O)N2CCC[C@H](C(=O)O)[C@@H]2C)c(C)o1. The lowest BCUT2D eigenvalue weighted by molar-refractivity contribution is -0.144. The summed E-state index contributed by atoms with van der Waals surface area (Å²) in [6.07, 6.45) is 1.11. The molecule has 1 amide bonds. The zero-order chi connectivity index (χ0) is 17.4. The lowest BCUT2D eigenvalue weighted by atomic mass is 9.90. The van der Waals surface area contributed by atoms with Crippen molar-refractivity contribution in [2.45, 2.75) is 37.8 Å². The van der Waals surface area contributed by atoms with Gasteiger partial charge in [-0.3, -0.25) is 9.59 Å². The fourth-order valence-corrected chi connectivity index (χ4v) is 3.52. The first kappa shape index (κ1) is 17.5. The van der Waals surface area contributed by atoms with Gasteiger partial charge in [-0.05, 0) is 33.7 Å². The Balaban J connectivity index is 2.32. The highest BCUT2D eigenvalue weighted by atomic mass is 32.2. The number of amides is 1. The van der Waals surface area contributed by atoms with E-state index in [1.807, 2.05) is 0 Å². The Kier molecular flexibility index (Phi) is 4.81. The van der Waals surface area contributed by atoms with Gasteiger partial charge in [0.25, 0.3) is 15.9 Å². The molecule has 2 atom stereocenters. The second-order valence-electron chi connectivity index (χ2n) is 5.57. The molecule has 9 heteroatoms. The van der Waals surface area contributed by atoms with Crippen LogP contribution >= 0.6 is 0 Å². The average Bonchev–Trinajstić information content (AvgIpc) is 2.89. The monoisotopic (exact) mass is 344 g/mol. The van der Waals surface area contributed by atoms with Crippen molar-refractivity contribution in [1.82, 2.24) is 9.62 Å². The molecule has 2 rings (SSSR count). The van der Waals surface area contributed by atoms with Gasteiger partial charge in [0, 0.05) is 18.7 Å². The molecule has 0 bridgehead atoms. The van der Waals surface area contributed by atoms with Gasteiger partial charge in [-0.1, -0.05) is 0 Å². The van der Waals surface area contributed by atoms with Gasteiger partial charge in [0.05, 0.1) is 11.5 Å². The summed E-state index contributed by atoms with van der Waals surface area (Å²) in [4.78, 5) is 25.4. The molecule has 23 heavy (non-hydrogen) atoms. The normalized spacial score (nSPS) is 22.1. The zero-order valence-corrected chi connectivity index (χ0v) is 14.0.